The lowest BCUT2D eigenvalue weighted by atomic mass is 9.89. The second kappa shape index (κ2) is 12.0. The maximum Gasteiger partial charge on any atom is 0.191 e. The maximum absolute atomic E-state index is 5.83. The lowest BCUT2D eigenvalue weighted by molar-refractivity contribution is 0.0420. The zero-order valence-electron chi connectivity index (χ0n) is 16.5. The minimum Gasteiger partial charge on any atom is -0.469 e. The predicted octanol–water partition coefficient (Wildman–Crippen LogP) is 3.13. The molecule has 6 heteroatoms. The Labute approximate surface area is 163 Å². The summed E-state index contributed by atoms with van der Waals surface area (Å²) in [4.78, 5) is 4.84. The third-order valence-corrected chi connectivity index (χ3v) is 5.33. The van der Waals surface area contributed by atoms with Gasteiger partial charge in [-0.3, -0.25) is 4.99 Å². The summed E-state index contributed by atoms with van der Waals surface area (Å²) in [5.74, 6) is 2.66. The van der Waals surface area contributed by atoms with Gasteiger partial charge in [0.25, 0.3) is 0 Å². The number of nitrogens with one attached hydrogen (secondary N) is 2. The molecule has 1 unspecified atom stereocenters. The average molecular weight is 378 g/mol. The van der Waals surface area contributed by atoms with Crippen LogP contribution in [0.3, 0.4) is 0 Å². The van der Waals surface area contributed by atoms with Crippen LogP contribution in [0.15, 0.2) is 27.8 Å². The van der Waals surface area contributed by atoms with Gasteiger partial charge in [-0.25, -0.2) is 0 Å². The fraction of sp³-hybridized carbons (Fsp3) is 0.762. The number of furan rings is 1. The number of aliphatic imine (C=N–C) groups is 1. The standard InChI is InChI=1S/C21H35N3O3/c1-2-6-18(7-3-1)16-24-21(23-12-9-19-8-4-13-26-19)22-11-5-14-27-20-10-15-25-17-20/h4,8,13,18,20H,1-3,5-7,9-12,14-17H2,(H2,22,23,24). The average Bonchev–Trinajstić information content (AvgIpc) is 3.40. The Balaban J connectivity index is 1.36. The molecule has 0 spiro atoms. The Morgan fingerprint density at radius 1 is 1.15 bits per heavy atom. The van der Waals surface area contributed by atoms with E-state index < -0.39 is 0 Å². The van der Waals surface area contributed by atoms with E-state index in [4.69, 9.17) is 18.9 Å². The summed E-state index contributed by atoms with van der Waals surface area (Å²) < 4.78 is 16.6. The topological polar surface area (TPSA) is 68.0 Å². The zero-order chi connectivity index (χ0) is 18.6. The highest BCUT2D eigenvalue weighted by atomic mass is 16.5. The summed E-state index contributed by atoms with van der Waals surface area (Å²) in [6.07, 6.45) is 11.6. The normalized spacial score (nSPS) is 21.5. The van der Waals surface area contributed by atoms with Crippen LogP contribution < -0.4 is 10.6 Å². The SMILES string of the molecule is c1coc(CCNC(=NCC2CCCCC2)NCCCOC2CCOC2)c1. The van der Waals surface area contributed by atoms with Crippen molar-refractivity contribution in [1.29, 1.82) is 0 Å². The van der Waals surface area contributed by atoms with Crippen LogP contribution in [-0.2, 0) is 15.9 Å². The molecular weight excluding hydrogens is 342 g/mol. The molecule has 2 fully saturated rings. The molecule has 1 saturated heterocycles. The molecule has 27 heavy (non-hydrogen) atoms. The van der Waals surface area contributed by atoms with E-state index in [1.165, 1.54) is 32.1 Å². The molecule has 1 aromatic rings. The highest BCUT2D eigenvalue weighted by Crippen LogP contribution is 2.23. The van der Waals surface area contributed by atoms with Crippen LogP contribution in [0.4, 0.5) is 0 Å². The molecule has 2 N–H and O–H groups in total. The largest absolute Gasteiger partial charge is 0.469 e. The first-order chi connectivity index (χ1) is 13.4. The smallest absolute Gasteiger partial charge is 0.191 e. The van der Waals surface area contributed by atoms with Crippen LogP contribution >= 0.6 is 0 Å². The molecule has 1 aliphatic carbocycles. The monoisotopic (exact) mass is 377 g/mol. The van der Waals surface area contributed by atoms with Crippen molar-refractivity contribution in [3.8, 4) is 0 Å². The third kappa shape index (κ3) is 7.93. The summed E-state index contributed by atoms with van der Waals surface area (Å²) in [5, 5.41) is 6.91. The van der Waals surface area contributed by atoms with Gasteiger partial charge in [-0.05, 0) is 43.7 Å². The molecule has 0 radical (unpaired) electrons. The van der Waals surface area contributed by atoms with Crippen LogP contribution in [0.5, 0.6) is 0 Å². The summed E-state index contributed by atoms with van der Waals surface area (Å²) in [5.41, 5.74) is 0. The quantitative estimate of drug-likeness (QED) is 0.372. The fourth-order valence-electron chi connectivity index (χ4n) is 3.70. The highest BCUT2D eigenvalue weighted by molar-refractivity contribution is 5.79. The van der Waals surface area contributed by atoms with Gasteiger partial charge in [-0.1, -0.05) is 19.3 Å². The van der Waals surface area contributed by atoms with Gasteiger partial charge >= 0.3 is 0 Å². The van der Waals surface area contributed by atoms with Crippen molar-refractivity contribution >= 4 is 5.96 Å². The number of guanidine groups is 1. The van der Waals surface area contributed by atoms with Gasteiger partial charge in [0.05, 0.1) is 19.0 Å². The number of hydrogen-bond acceptors (Lipinski definition) is 4. The molecule has 152 valence electrons. The Kier molecular flexibility index (Phi) is 9.01. The number of nitrogens with zero attached hydrogens (tertiary/aromatic N) is 1. The van der Waals surface area contributed by atoms with Crippen molar-refractivity contribution in [2.24, 2.45) is 10.9 Å². The lowest BCUT2D eigenvalue weighted by Gasteiger charge is -2.20. The number of ether oxygens (including phenoxy) is 2. The first-order valence-electron chi connectivity index (χ1n) is 10.6. The Hall–Kier alpha value is -1.53. The Morgan fingerprint density at radius 2 is 2.04 bits per heavy atom. The second-order valence-corrected chi connectivity index (χ2v) is 7.59. The molecule has 1 atom stereocenters. The van der Waals surface area contributed by atoms with E-state index in [-0.39, 0.29) is 6.10 Å². The van der Waals surface area contributed by atoms with E-state index in [1.807, 2.05) is 12.1 Å². The molecule has 6 nitrogen and oxygen atoms in total. The van der Waals surface area contributed by atoms with E-state index >= 15 is 0 Å². The van der Waals surface area contributed by atoms with Gasteiger partial charge in [-0.2, -0.15) is 0 Å². The van der Waals surface area contributed by atoms with Crippen molar-refractivity contribution in [3.05, 3.63) is 24.2 Å². The van der Waals surface area contributed by atoms with E-state index in [1.54, 1.807) is 6.26 Å². The summed E-state index contributed by atoms with van der Waals surface area (Å²) in [6, 6.07) is 3.94. The summed E-state index contributed by atoms with van der Waals surface area (Å²) in [6.45, 7) is 4.95. The van der Waals surface area contributed by atoms with Crippen LogP contribution in [0, 0.1) is 5.92 Å². The van der Waals surface area contributed by atoms with Gasteiger partial charge in [-0.15, -0.1) is 0 Å². The molecule has 2 heterocycles. The van der Waals surface area contributed by atoms with Crippen molar-refractivity contribution in [1.82, 2.24) is 10.6 Å². The fourth-order valence-corrected chi connectivity index (χ4v) is 3.70. The van der Waals surface area contributed by atoms with Gasteiger partial charge < -0.3 is 24.5 Å². The summed E-state index contributed by atoms with van der Waals surface area (Å²) >= 11 is 0. The highest BCUT2D eigenvalue weighted by Gasteiger charge is 2.15. The van der Waals surface area contributed by atoms with E-state index in [2.05, 4.69) is 10.6 Å². The lowest BCUT2D eigenvalue weighted by Crippen LogP contribution is -2.39. The van der Waals surface area contributed by atoms with Crippen LogP contribution in [0.1, 0.15) is 50.7 Å². The van der Waals surface area contributed by atoms with E-state index in [0.29, 0.717) is 0 Å². The van der Waals surface area contributed by atoms with Crippen LogP contribution in [0.2, 0.25) is 0 Å². The molecule has 1 aromatic heterocycles. The second-order valence-electron chi connectivity index (χ2n) is 7.59. The van der Waals surface area contributed by atoms with Crippen molar-refractivity contribution in [2.75, 3.05) is 39.5 Å². The van der Waals surface area contributed by atoms with Crippen LogP contribution in [0.25, 0.3) is 0 Å². The molecule has 3 rings (SSSR count). The van der Waals surface area contributed by atoms with Gasteiger partial charge in [0.15, 0.2) is 5.96 Å². The molecule has 2 aliphatic rings. The summed E-state index contributed by atoms with van der Waals surface area (Å²) in [7, 11) is 0. The van der Waals surface area contributed by atoms with Crippen LogP contribution in [-0.4, -0.2) is 51.5 Å². The molecule has 1 aliphatic heterocycles. The van der Waals surface area contributed by atoms with Crippen molar-refractivity contribution in [3.63, 3.8) is 0 Å². The number of hydrogen-bond donors (Lipinski definition) is 2. The minimum absolute atomic E-state index is 0.288. The minimum atomic E-state index is 0.288. The molecule has 0 bridgehead atoms. The molecule has 1 saturated carbocycles. The maximum atomic E-state index is 5.83. The third-order valence-electron chi connectivity index (χ3n) is 5.33. The molecular formula is C21H35N3O3. The molecule has 0 aromatic carbocycles. The Morgan fingerprint density at radius 3 is 2.81 bits per heavy atom. The first kappa shape index (κ1) is 20.2. The van der Waals surface area contributed by atoms with Crippen molar-refractivity contribution in [2.45, 2.75) is 57.5 Å². The van der Waals surface area contributed by atoms with E-state index in [9.17, 15) is 0 Å². The van der Waals surface area contributed by atoms with Gasteiger partial charge in [0.2, 0.25) is 0 Å². The van der Waals surface area contributed by atoms with Crippen molar-refractivity contribution < 1.29 is 13.9 Å². The van der Waals surface area contributed by atoms with Gasteiger partial charge in [0, 0.05) is 39.3 Å². The Bertz CT molecular complexity index is 521. The predicted molar refractivity (Wildman–Crippen MR) is 107 cm³/mol. The number of rotatable bonds is 10. The van der Waals surface area contributed by atoms with Gasteiger partial charge in [0.1, 0.15) is 5.76 Å². The van der Waals surface area contributed by atoms with E-state index in [0.717, 1.165) is 76.4 Å². The first-order valence-corrected chi connectivity index (χ1v) is 10.6. The molecule has 0 amide bonds. The zero-order valence-corrected chi connectivity index (χ0v) is 16.5.